The van der Waals surface area contributed by atoms with Crippen molar-refractivity contribution in [2.24, 2.45) is 0 Å². The molecule has 11 nitrogen and oxygen atoms in total. The molecule has 0 saturated carbocycles. The van der Waals surface area contributed by atoms with Crippen molar-refractivity contribution in [1.82, 2.24) is 25.1 Å². The minimum Gasteiger partial charge on any atom is -0.489 e. The molecule has 1 aromatic heterocycles. The zero-order valence-corrected chi connectivity index (χ0v) is 24.9. The predicted octanol–water partition coefficient (Wildman–Crippen LogP) is 4.81. The summed E-state index contributed by atoms with van der Waals surface area (Å²) in [4.78, 5) is 25.7. The number of amides is 2. The van der Waals surface area contributed by atoms with Crippen molar-refractivity contribution in [2.45, 2.75) is 13.0 Å². The topological polar surface area (TPSA) is 110 Å². The van der Waals surface area contributed by atoms with Crippen LogP contribution in [0.5, 0.6) is 28.9 Å². The Kier molecular flexibility index (Phi) is 9.36. The second kappa shape index (κ2) is 13.9. The summed E-state index contributed by atoms with van der Waals surface area (Å²) in [6.07, 6.45) is 2.18. The van der Waals surface area contributed by atoms with E-state index in [4.69, 9.17) is 18.9 Å². The second-order valence-electron chi connectivity index (χ2n) is 10.8. The van der Waals surface area contributed by atoms with Gasteiger partial charge in [-0.3, -0.25) is 0 Å². The van der Waals surface area contributed by atoms with Gasteiger partial charge in [-0.25, -0.2) is 23.5 Å². The molecule has 0 bridgehead atoms. The first-order chi connectivity index (χ1) is 21.9. The Morgan fingerprint density at radius 2 is 1.73 bits per heavy atom. The number of carbonyl (C=O) groups is 1. The van der Waals surface area contributed by atoms with E-state index in [9.17, 15) is 9.18 Å². The van der Waals surface area contributed by atoms with Gasteiger partial charge in [-0.05, 0) is 43.3 Å². The molecule has 3 aromatic carbocycles. The number of rotatable bonds is 10. The number of urea groups is 1. The Balaban J connectivity index is 1.12. The summed E-state index contributed by atoms with van der Waals surface area (Å²) in [5.74, 6) is 0.212. The molecule has 1 fully saturated rings. The molecule has 2 amide bonds. The Morgan fingerprint density at radius 1 is 0.956 bits per heavy atom. The number of hydrogen-bond acceptors (Lipinski definition) is 9. The van der Waals surface area contributed by atoms with Crippen molar-refractivity contribution >= 4 is 22.6 Å². The Labute approximate surface area is 259 Å². The maximum atomic E-state index is 15.1. The summed E-state index contributed by atoms with van der Waals surface area (Å²) in [6, 6.07) is 11.0. The van der Waals surface area contributed by atoms with Gasteiger partial charge in [-0.2, -0.15) is 0 Å². The number of nitrogens with zero attached hydrogens (tertiary/aromatic N) is 4. The number of benzene rings is 3. The van der Waals surface area contributed by atoms with Gasteiger partial charge in [0.05, 0.1) is 12.1 Å². The normalized spacial score (nSPS) is 15.1. The van der Waals surface area contributed by atoms with Crippen molar-refractivity contribution in [3.05, 3.63) is 72.1 Å². The summed E-state index contributed by atoms with van der Waals surface area (Å²) in [6.45, 7) is 6.50. The molecule has 0 unspecified atom stereocenters. The molecular weight excluding hydrogens is 586 g/mol. The number of aromatic nitrogens is 2. The van der Waals surface area contributed by atoms with Gasteiger partial charge >= 0.3 is 6.03 Å². The van der Waals surface area contributed by atoms with E-state index in [-0.39, 0.29) is 29.7 Å². The fraction of sp³-hybridized carbons (Fsp3) is 0.344. The smallest absolute Gasteiger partial charge is 0.319 e. The third-order valence-electron chi connectivity index (χ3n) is 7.58. The highest BCUT2D eigenvalue weighted by molar-refractivity contribution is 5.94. The number of halogens is 2. The second-order valence-corrected chi connectivity index (χ2v) is 10.8. The van der Waals surface area contributed by atoms with Crippen LogP contribution in [0, 0.1) is 11.6 Å². The molecule has 13 heteroatoms. The summed E-state index contributed by atoms with van der Waals surface area (Å²) in [7, 11) is 2.14. The number of fused-ring (bicyclic) bond motifs is 3. The number of ether oxygens (including phenoxy) is 4. The van der Waals surface area contributed by atoms with Crippen LogP contribution in [0.1, 0.15) is 12.0 Å². The van der Waals surface area contributed by atoms with Gasteiger partial charge in [-0.1, -0.05) is 12.1 Å². The summed E-state index contributed by atoms with van der Waals surface area (Å²) in [5, 5.41) is 5.65. The summed E-state index contributed by atoms with van der Waals surface area (Å²) < 4.78 is 52.2. The fourth-order valence-electron chi connectivity index (χ4n) is 5.13. The zero-order valence-electron chi connectivity index (χ0n) is 24.9. The lowest BCUT2D eigenvalue weighted by Crippen LogP contribution is -2.44. The van der Waals surface area contributed by atoms with Gasteiger partial charge in [0.15, 0.2) is 23.1 Å². The van der Waals surface area contributed by atoms with Crippen molar-refractivity contribution in [3.8, 4) is 28.9 Å². The van der Waals surface area contributed by atoms with Gasteiger partial charge in [-0.15, -0.1) is 0 Å². The Bertz CT molecular complexity index is 1650. The third kappa shape index (κ3) is 7.49. The van der Waals surface area contributed by atoms with Gasteiger partial charge in [0.25, 0.3) is 0 Å². The number of carbonyl (C=O) groups excluding carboxylic acids is 1. The van der Waals surface area contributed by atoms with Crippen molar-refractivity contribution in [2.75, 3.05) is 64.9 Å². The molecule has 1 saturated heterocycles. The molecule has 2 aliphatic heterocycles. The van der Waals surface area contributed by atoms with Gasteiger partial charge in [0.2, 0.25) is 11.6 Å². The minimum atomic E-state index is -0.718. The summed E-state index contributed by atoms with van der Waals surface area (Å²) >= 11 is 0. The standard InChI is InChI=1S/C32H34F2N6O5/c1-39-10-12-40(13-11-39)9-2-14-42-27-18-25-28(30-29(27)43-15-16-44-30)31(37-20-36-25)45-26-8-7-23(17-24(26)34)38-32(41)35-19-21-3-5-22(33)6-4-21/h3-8,17-18,20H,2,9-16,19H2,1H3,(H2,35,38,41). The summed E-state index contributed by atoms with van der Waals surface area (Å²) in [5.41, 5.74) is 1.43. The van der Waals surface area contributed by atoms with Crippen LogP contribution < -0.4 is 29.6 Å². The Hall–Kier alpha value is -4.75. The third-order valence-corrected chi connectivity index (χ3v) is 7.58. The van der Waals surface area contributed by atoms with E-state index in [2.05, 4.69) is 37.4 Å². The van der Waals surface area contributed by atoms with Gasteiger partial charge < -0.3 is 39.4 Å². The highest BCUT2D eigenvalue weighted by Gasteiger charge is 2.26. The quantitative estimate of drug-likeness (QED) is 0.242. The molecule has 236 valence electrons. The van der Waals surface area contributed by atoms with Crippen LogP contribution in [0.2, 0.25) is 0 Å². The Morgan fingerprint density at radius 3 is 2.51 bits per heavy atom. The molecule has 6 rings (SSSR count). The molecular formula is C32H34F2N6O5. The number of nitrogens with one attached hydrogen (secondary N) is 2. The first-order valence-corrected chi connectivity index (χ1v) is 14.8. The monoisotopic (exact) mass is 620 g/mol. The number of anilines is 1. The van der Waals surface area contributed by atoms with Gasteiger partial charge in [0, 0.05) is 57.1 Å². The van der Waals surface area contributed by atoms with Crippen LogP contribution in [-0.2, 0) is 6.54 Å². The largest absolute Gasteiger partial charge is 0.489 e. The van der Waals surface area contributed by atoms with Crippen LogP contribution >= 0.6 is 0 Å². The molecule has 0 radical (unpaired) electrons. The van der Waals surface area contributed by atoms with E-state index in [1.54, 1.807) is 18.2 Å². The molecule has 0 spiro atoms. The van der Waals surface area contributed by atoms with Crippen LogP contribution in [0.15, 0.2) is 54.9 Å². The van der Waals surface area contributed by atoms with Crippen molar-refractivity contribution in [1.29, 1.82) is 0 Å². The molecule has 0 atom stereocenters. The predicted molar refractivity (Wildman–Crippen MR) is 163 cm³/mol. The molecule has 0 aliphatic carbocycles. The molecule has 2 N–H and O–H groups in total. The van der Waals surface area contributed by atoms with Crippen LogP contribution in [0.4, 0.5) is 19.3 Å². The molecule has 4 aromatic rings. The van der Waals surface area contributed by atoms with E-state index < -0.39 is 11.8 Å². The lowest BCUT2D eigenvalue weighted by atomic mass is 10.1. The lowest BCUT2D eigenvalue weighted by Gasteiger charge is -2.32. The molecule has 2 aliphatic rings. The number of hydrogen-bond donors (Lipinski definition) is 2. The maximum Gasteiger partial charge on any atom is 0.319 e. The van der Waals surface area contributed by atoms with E-state index in [0.29, 0.717) is 48.0 Å². The minimum absolute atomic E-state index is 0.0833. The average molecular weight is 621 g/mol. The SMILES string of the molecule is CN1CCN(CCCOc2cc3ncnc(Oc4ccc(NC(=O)NCc5ccc(F)cc5)cc4F)c3c3c2OCCO3)CC1. The lowest BCUT2D eigenvalue weighted by molar-refractivity contribution is 0.142. The number of likely N-dealkylation sites (N-methyl/N-ethyl adjacent to an activating group) is 1. The van der Waals surface area contributed by atoms with Crippen molar-refractivity contribution < 1.29 is 32.5 Å². The molecule has 3 heterocycles. The van der Waals surface area contributed by atoms with Gasteiger partial charge in [0.1, 0.15) is 30.7 Å². The molecule has 45 heavy (non-hydrogen) atoms. The van der Waals surface area contributed by atoms with Crippen molar-refractivity contribution in [3.63, 3.8) is 0 Å². The fourth-order valence-corrected chi connectivity index (χ4v) is 5.13. The highest BCUT2D eigenvalue weighted by Crippen LogP contribution is 2.48. The first kappa shape index (κ1) is 30.3. The maximum absolute atomic E-state index is 15.1. The van der Waals surface area contributed by atoms with E-state index in [1.165, 1.54) is 30.6 Å². The van der Waals surface area contributed by atoms with Crippen LogP contribution in [-0.4, -0.2) is 85.4 Å². The van der Waals surface area contributed by atoms with Crippen LogP contribution in [0.3, 0.4) is 0 Å². The van der Waals surface area contributed by atoms with E-state index in [0.717, 1.165) is 50.8 Å². The highest BCUT2D eigenvalue weighted by atomic mass is 19.1. The van der Waals surface area contributed by atoms with E-state index >= 15 is 4.39 Å². The van der Waals surface area contributed by atoms with E-state index in [1.807, 2.05) is 0 Å². The van der Waals surface area contributed by atoms with Crippen LogP contribution in [0.25, 0.3) is 10.9 Å². The number of piperazine rings is 1. The average Bonchev–Trinajstić information content (AvgIpc) is 3.05. The zero-order chi connectivity index (χ0) is 31.2. The first-order valence-electron chi connectivity index (χ1n) is 14.8.